The molecule has 1 aliphatic rings. The fourth-order valence-electron chi connectivity index (χ4n) is 3.61. The number of hydrogen-bond acceptors (Lipinski definition) is 4. The first-order valence-corrected chi connectivity index (χ1v) is 9.29. The van der Waals surface area contributed by atoms with Crippen LogP contribution in [0, 0.1) is 11.3 Å². The van der Waals surface area contributed by atoms with Crippen LogP contribution in [-0.2, 0) is 4.79 Å². The predicted octanol–water partition coefficient (Wildman–Crippen LogP) is 2.26. The van der Waals surface area contributed by atoms with E-state index in [1.165, 1.54) is 4.90 Å². The third-order valence-corrected chi connectivity index (χ3v) is 5.07. The number of urea groups is 1. The van der Waals surface area contributed by atoms with Crippen LogP contribution in [0.3, 0.4) is 0 Å². The molecule has 1 aliphatic heterocycles. The van der Waals surface area contributed by atoms with E-state index in [1.807, 2.05) is 36.4 Å². The van der Waals surface area contributed by atoms with E-state index in [4.69, 9.17) is 26.7 Å². The number of ether oxygens (including phenoxy) is 1. The van der Waals surface area contributed by atoms with Gasteiger partial charge < -0.3 is 26.2 Å². The molecule has 0 aromatic heterocycles. The number of primary amides is 1. The third kappa shape index (κ3) is 5.04. The van der Waals surface area contributed by atoms with E-state index < -0.39 is 12.0 Å². The number of rotatable bonds is 7. The largest absolute Gasteiger partial charge is 0.491 e. The molecule has 0 spiro atoms. The molecule has 6 N–H and O–H groups in total. The molecule has 152 valence electrons. The number of carbonyl (C=O) groups is 2. The number of carboxylic acid groups (broad SMARTS) is 1. The van der Waals surface area contributed by atoms with Crippen molar-refractivity contribution < 1.29 is 19.4 Å². The van der Waals surface area contributed by atoms with Crippen LogP contribution in [0.5, 0.6) is 5.75 Å². The summed E-state index contributed by atoms with van der Waals surface area (Å²) < 4.78 is 5.82. The third-order valence-electron chi connectivity index (χ3n) is 5.07. The van der Waals surface area contributed by atoms with Crippen molar-refractivity contribution in [3.63, 3.8) is 0 Å². The zero-order chi connectivity index (χ0) is 21.0. The molecule has 0 bridgehead atoms. The summed E-state index contributed by atoms with van der Waals surface area (Å²) in [6, 6.07) is 14.1. The van der Waals surface area contributed by atoms with Gasteiger partial charge in [-0.3, -0.25) is 10.2 Å². The summed E-state index contributed by atoms with van der Waals surface area (Å²) in [5.41, 5.74) is 13.6. The molecule has 2 atom stereocenters. The van der Waals surface area contributed by atoms with Gasteiger partial charge in [0.05, 0.1) is 6.04 Å². The van der Waals surface area contributed by atoms with Crippen LogP contribution in [0.2, 0.25) is 0 Å². The quantitative estimate of drug-likeness (QED) is 0.419. The Hall–Kier alpha value is -3.55. The molecule has 0 aliphatic carbocycles. The number of amidine groups is 1. The van der Waals surface area contributed by atoms with Gasteiger partial charge in [-0.1, -0.05) is 36.4 Å². The van der Waals surface area contributed by atoms with Gasteiger partial charge in [0, 0.05) is 18.5 Å². The summed E-state index contributed by atoms with van der Waals surface area (Å²) in [6.45, 7) is 0.594. The SMILES string of the molecule is N=C(N)c1ccc(-c2ccc(OC[C@@H]3C[C@@H](CC(=O)O)CN3C(N)=O)cc2)cc1. The molecule has 8 nitrogen and oxygen atoms in total. The molecular weight excluding hydrogens is 372 g/mol. The van der Waals surface area contributed by atoms with E-state index in [9.17, 15) is 9.59 Å². The highest BCUT2D eigenvalue weighted by atomic mass is 16.5. The lowest BCUT2D eigenvalue weighted by Gasteiger charge is -2.22. The van der Waals surface area contributed by atoms with Crippen LogP contribution in [0.4, 0.5) is 4.79 Å². The number of carbonyl (C=O) groups excluding carboxylic acids is 1. The highest BCUT2D eigenvalue weighted by Gasteiger charge is 2.35. The average molecular weight is 396 g/mol. The normalized spacial score (nSPS) is 18.4. The van der Waals surface area contributed by atoms with Crippen LogP contribution in [0.15, 0.2) is 48.5 Å². The van der Waals surface area contributed by atoms with Crippen LogP contribution in [0.1, 0.15) is 18.4 Å². The van der Waals surface area contributed by atoms with Crippen molar-refractivity contribution in [2.24, 2.45) is 17.4 Å². The Morgan fingerprint density at radius 3 is 2.17 bits per heavy atom. The lowest BCUT2D eigenvalue weighted by Crippen LogP contribution is -2.42. The Kier molecular flexibility index (Phi) is 6.01. The molecule has 0 saturated carbocycles. The predicted molar refractivity (Wildman–Crippen MR) is 109 cm³/mol. The number of likely N-dealkylation sites (tertiary alicyclic amines) is 1. The number of carboxylic acids is 1. The molecule has 3 rings (SSSR count). The van der Waals surface area contributed by atoms with Crippen molar-refractivity contribution in [1.82, 2.24) is 4.90 Å². The van der Waals surface area contributed by atoms with E-state index in [0.717, 1.165) is 11.1 Å². The number of nitrogens with two attached hydrogens (primary N) is 2. The monoisotopic (exact) mass is 396 g/mol. The molecule has 0 unspecified atom stereocenters. The summed E-state index contributed by atoms with van der Waals surface area (Å²) >= 11 is 0. The maximum atomic E-state index is 11.6. The van der Waals surface area contributed by atoms with Crippen molar-refractivity contribution in [1.29, 1.82) is 5.41 Å². The van der Waals surface area contributed by atoms with E-state index >= 15 is 0 Å². The molecule has 29 heavy (non-hydrogen) atoms. The van der Waals surface area contributed by atoms with Crippen LogP contribution in [0.25, 0.3) is 11.1 Å². The summed E-state index contributed by atoms with van der Waals surface area (Å²) in [7, 11) is 0. The van der Waals surface area contributed by atoms with Crippen LogP contribution >= 0.6 is 0 Å². The van der Waals surface area contributed by atoms with E-state index in [1.54, 1.807) is 12.1 Å². The number of nitrogen functional groups attached to an aromatic ring is 1. The molecule has 0 radical (unpaired) electrons. The maximum absolute atomic E-state index is 11.6. The average Bonchev–Trinajstić information content (AvgIpc) is 3.09. The van der Waals surface area contributed by atoms with Crippen molar-refractivity contribution in [2.45, 2.75) is 18.9 Å². The number of nitrogens with one attached hydrogen (secondary N) is 1. The Balaban J connectivity index is 1.61. The van der Waals surface area contributed by atoms with Crippen LogP contribution < -0.4 is 16.2 Å². The lowest BCUT2D eigenvalue weighted by molar-refractivity contribution is -0.138. The van der Waals surface area contributed by atoms with E-state index in [2.05, 4.69) is 0 Å². The van der Waals surface area contributed by atoms with Gasteiger partial charge in [0.1, 0.15) is 18.2 Å². The molecule has 1 heterocycles. The van der Waals surface area contributed by atoms with Gasteiger partial charge in [-0.2, -0.15) is 0 Å². The second kappa shape index (κ2) is 8.64. The molecule has 1 saturated heterocycles. The Bertz CT molecular complexity index is 896. The van der Waals surface area contributed by atoms with Gasteiger partial charge in [-0.15, -0.1) is 0 Å². The zero-order valence-electron chi connectivity index (χ0n) is 15.9. The summed E-state index contributed by atoms with van der Waals surface area (Å²) in [6.07, 6.45) is 0.563. The van der Waals surface area contributed by atoms with Gasteiger partial charge in [0.25, 0.3) is 0 Å². The maximum Gasteiger partial charge on any atom is 0.315 e. The lowest BCUT2D eigenvalue weighted by atomic mass is 10.0. The van der Waals surface area contributed by atoms with E-state index in [0.29, 0.717) is 24.3 Å². The molecular formula is C21H24N4O4. The molecule has 2 aromatic carbocycles. The fraction of sp³-hybridized carbons (Fsp3) is 0.286. The van der Waals surface area contributed by atoms with Gasteiger partial charge in [-0.25, -0.2) is 4.79 Å². The second-order valence-electron chi connectivity index (χ2n) is 7.17. The smallest absolute Gasteiger partial charge is 0.315 e. The van der Waals surface area contributed by atoms with Crippen LogP contribution in [-0.4, -0.2) is 47.0 Å². The molecule has 8 heteroatoms. The minimum Gasteiger partial charge on any atom is -0.491 e. The zero-order valence-corrected chi connectivity index (χ0v) is 15.9. The first-order chi connectivity index (χ1) is 13.8. The minimum absolute atomic E-state index is 0.0113. The van der Waals surface area contributed by atoms with Crippen molar-refractivity contribution >= 4 is 17.8 Å². The Labute approximate surface area is 168 Å². The fourth-order valence-corrected chi connectivity index (χ4v) is 3.61. The van der Waals surface area contributed by atoms with E-state index in [-0.39, 0.29) is 30.8 Å². The first-order valence-electron chi connectivity index (χ1n) is 9.29. The number of amides is 2. The Morgan fingerprint density at radius 2 is 1.66 bits per heavy atom. The number of benzene rings is 2. The minimum atomic E-state index is -0.882. The summed E-state index contributed by atoms with van der Waals surface area (Å²) in [5.74, 6) is -0.315. The molecule has 2 amide bonds. The molecule has 2 aromatic rings. The highest BCUT2D eigenvalue weighted by molar-refractivity contribution is 5.95. The van der Waals surface area contributed by atoms with Gasteiger partial charge in [0.15, 0.2) is 0 Å². The van der Waals surface area contributed by atoms with Gasteiger partial charge >= 0.3 is 12.0 Å². The van der Waals surface area contributed by atoms with Gasteiger partial charge in [-0.05, 0) is 35.6 Å². The summed E-state index contributed by atoms with van der Waals surface area (Å²) in [4.78, 5) is 24.1. The number of nitrogens with zero attached hydrogens (tertiary/aromatic N) is 1. The Morgan fingerprint density at radius 1 is 1.07 bits per heavy atom. The standard InChI is InChI=1S/C21H24N4O4/c22-20(23)16-3-1-14(2-4-16)15-5-7-18(8-6-15)29-12-17-9-13(10-19(26)27)11-25(17)21(24)28/h1-8,13,17H,9-12H2,(H3,22,23)(H2,24,28)(H,26,27)/t13-,17-/m0/s1. The van der Waals surface area contributed by atoms with Crippen molar-refractivity contribution in [2.75, 3.05) is 13.2 Å². The number of aliphatic carboxylic acids is 1. The van der Waals surface area contributed by atoms with Crippen molar-refractivity contribution in [3.8, 4) is 16.9 Å². The van der Waals surface area contributed by atoms with Gasteiger partial charge in [0.2, 0.25) is 0 Å². The topological polar surface area (TPSA) is 143 Å². The van der Waals surface area contributed by atoms with Crippen molar-refractivity contribution in [3.05, 3.63) is 54.1 Å². The first kappa shape index (κ1) is 20.2. The number of hydrogen-bond donors (Lipinski definition) is 4. The second-order valence-corrected chi connectivity index (χ2v) is 7.17. The highest BCUT2D eigenvalue weighted by Crippen LogP contribution is 2.27. The summed E-state index contributed by atoms with van der Waals surface area (Å²) in [5, 5.41) is 16.4. The molecule has 1 fully saturated rings.